The Labute approximate surface area is 226 Å². The smallest absolute Gasteiger partial charge is 0.338 e. The first-order valence-electron chi connectivity index (χ1n) is 12.4. The molecule has 0 aromatic heterocycles. The highest BCUT2D eigenvalue weighted by molar-refractivity contribution is 8.15. The van der Waals surface area contributed by atoms with Crippen LogP contribution in [0.25, 0.3) is 0 Å². The lowest BCUT2D eigenvalue weighted by atomic mass is 10.2. The van der Waals surface area contributed by atoms with Crippen molar-refractivity contribution in [2.45, 2.75) is 32.1 Å². The third-order valence-corrected chi connectivity index (χ3v) is 6.82. The fraction of sp³-hybridized carbons (Fsp3) is 0.241. The van der Waals surface area contributed by atoms with Crippen molar-refractivity contribution in [2.75, 3.05) is 18.5 Å². The van der Waals surface area contributed by atoms with Crippen LogP contribution in [0.2, 0.25) is 0 Å². The highest BCUT2D eigenvalue weighted by Crippen LogP contribution is 2.31. The summed E-state index contributed by atoms with van der Waals surface area (Å²) in [5.41, 5.74) is 2.50. The third kappa shape index (κ3) is 7.01. The number of rotatable bonds is 9. The van der Waals surface area contributed by atoms with Crippen LogP contribution in [0.1, 0.15) is 36.2 Å². The summed E-state index contributed by atoms with van der Waals surface area (Å²) < 4.78 is 10.6. The standard InChI is InChI=1S/C29H29N3O5S/c1-3-36-24-12-8-11-23(17-24)30-27(34)25-18-26(33)32(19-20-9-6-5-7-10-20)29(38-25)31-22-15-13-21(14-16-22)28(35)37-4-2/h5-17,25H,3-4,18-19H2,1-2H3,(H,30,34). The summed E-state index contributed by atoms with van der Waals surface area (Å²) in [6.45, 7) is 4.77. The van der Waals surface area contributed by atoms with Gasteiger partial charge in [0.2, 0.25) is 11.8 Å². The van der Waals surface area contributed by atoms with Gasteiger partial charge in [0, 0.05) is 18.2 Å². The summed E-state index contributed by atoms with van der Waals surface area (Å²) in [6, 6.07) is 23.4. The maximum Gasteiger partial charge on any atom is 0.338 e. The van der Waals surface area contributed by atoms with Crippen molar-refractivity contribution in [3.63, 3.8) is 0 Å². The topological polar surface area (TPSA) is 97.3 Å². The molecule has 4 rings (SSSR count). The number of benzene rings is 3. The Bertz CT molecular complexity index is 1310. The Morgan fingerprint density at radius 1 is 1.00 bits per heavy atom. The minimum atomic E-state index is -0.664. The number of carbonyl (C=O) groups is 3. The van der Waals surface area contributed by atoms with E-state index in [9.17, 15) is 14.4 Å². The number of anilines is 1. The number of amides is 2. The van der Waals surface area contributed by atoms with Gasteiger partial charge in [-0.3, -0.25) is 14.5 Å². The predicted molar refractivity (Wildman–Crippen MR) is 149 cm³/mol. The lowest BCUT2D eigenvalue weighted by Gasteiger charge is -2.32. The Morgan fingerprint density at radius 3 is 2.47 bits per heavy atom. The van der Waals surface area contributed by atoms with Crippen molar-refractivity contribution in [3.05, 3.63) is 90.0 Å². The molecule has 0 radical (unpaired) electrons. The van der Waals surface area contributed by atoms with Crippen LogP contribution in [-0.2, 0) is 20.9 Å². The maximum absolute atomic E-state index is 13.3. The van der Waals surface area contributed by atoms with E-state index in [1.54, 1.807) is 54.3 Å². The van der Waals surface area contributed by atoms with E-state index < -0.39 is 11.2 Å². The van der Waals surface area contributed by atoms with Gasteiger partial charge >= 0.3 is 5.97 Å². The molecule has 3 aromatic rings. The van der Waals surface area contributed by atoms with Crippen molar-refractivity contribution < 1.29 is 23.9 Å². The molecule has 38 heavy (non-hydrogen) atoms. The molecule has 1 N–H and O–H groups in total. The van der Waals surface area contributed by atoms with Crippen LogP contribution >= 0.6 is 11.8 Å². The van der Waals surface area contributed by atoms with Crippen molar-refractivity contribution in [3.8, 4) is 5.75 Å². The van der Waals surface area contributed by atoms with Crippen LogP contribution < -0.4 is 10.1 Å². The normalized spacial score (nSPS) is 16.3. The molecule has 3 aromatic carbocycles. The first-order valence-corrected chi connectivity index (χ1v) is 13.2. The lowest BCUT2D eigenvalue weighted by Crippen LogP contribution is -2.44. The van der Waals surface area contributed by atoms with Gasteiger partial charge in [-0.15, -0.1) is 0 Å². The third-order valence-electron chi connectivity index (χ3n) is 5.63. The number of ether oxygens (including phenoxy) is 2. The van der Waals surface area contributed by atoms with Gasteiger partial charge in [0.25, 0.3) is 0 Å². The molecule has 8 nitrogen and oxygen atoms in total. The number of esters is 1. The SMILES string of the molecule is CCOC(=O)c1ccc(N=C2SC(C(=O)Nc3cccc(OCC)c3)CC(=O)N2Cc2ccccc2)cc1. The fourth-order valence-electron chi connectivity index (χ4n) is 3.81. The highest BCUT2D eigenvalue weighted by atomic mass is 32.2. The molecule has 1 aliphatic rings. The fourth-order valence-corrected chi connectivity index (χ4v) is 4.91. The zero-order valence-corrected chi connectivity index (χ0v) is 22.1. The molecule has 1 saturated heterocycles. The van der Waals surface area contributed by atoms with E-state index in [4.69, 9.17) is 14.5 Å². The summed E-state index contributed by atoms with van der Waals surface area (Å²) in [7, 11) is 0. The van der Waals surface area contributed by atoms with Crippen LogP contribution in [0.3, 0.4) is 0 Å². The second kappa shape index (κ2) is 12.9. The average Bonchev–Trinajstić information content (AvgIpc) is 2.92. The molecule has 9 heteroatoms. The Hall–Kier alpha value is -4.11. The first kappa shape index (κ1) is 26.9. The van der Waals surface area contributed by atoms with Crippen LogP contribution in [-0.4, -0.2) is 46.3 Å². The number of hydrogen-bond acceptors (Lipinski definition) is 7. The zero-order valence-electron chi connectivity index (χ0n) is 21.3. The van der Waals surface area contributed by atoms with Gasteiger partial charge in [-0.1, -0.05) is 48.2 Å². The molecule has 0 spiro atoms. The van der Waals surface area contributed by atoms with E-state index >= 15 is 0 Å². The number of nitrogens with one attached hydrogen (secondary N) is 1. The Kier molecular flexibility index (Phi) is 9.16. The number of thioether (sulfide) groups is 1. The second-order valence-electron chi connectivity index (χ2n) is 8.39. The summed E-state index contributed by atoms with van der Waals surface area (Å²) in [5.74, 6) is -0.246. The van der Waals surface area contributed by atoms with Gasteiger partial charge in [-0.05, 0) is 55.8 Å². The second-order valence-corrected chi connectivity index (χ2v) is 9.56. The molecule has 196 valence electrons. The maximum atomic E-state index is 13.3. The van der Waals surface area contributed by atoms with Crippen molar-refractivity contribution in [2.24, 2.45) is 4.99 Å². The molecule has 1 atom stereocenters. The molecular weight excluding hydrogens is 502 g/mol. The number of nitrogens with zero attached hydrogens (tertiary/aromatic N) is 2. The van der Waals surface area contributed by atoms with E-state index in [0.717, 1.165) is 5.56 Å². The molecule has 1 fully saturated rings. The average molecular weight is 532 g/mol. The number of aliphatic imine (C=N–C) groups is 1. The minimum absolute atomic E-state index is 0.0370. The molecule has 1 heterocycles. The van der Waals surface area contributed by atoms with Gasteiger partial charge in [-0.2, -0.15) is 0 Å². The van der Waals surface area contributed by atoms with Crippen molar-refractivity contribution >= 4 is 46.1 Å². The van der Waals surface area contributed by atoms with Gasteiger partial charge in [0.1, 0.15) is 11.0 Å². The highest BCUT2D eigenvalue weighted by Gasteiger charge is 2.36. The molecule has 1 unspecified atom stereocenters. The quantitative estimate of drug-likeness (QED) is 0.370. The van der Waals surface area contributed by atoms with Gasteiger partial charge in [0.15, 0.2) is 5.17 Å². The van der Waals surface area contributed by atoms with E-state index in [0.29, 0.717) is 41.0 Å². The van der Waals surface area contributed by atoms with Crippen molar-refractivity contribution in [1.29, 1.82) is 0 Å². The summed E-state index contributed by atoms with van der Waals surface area (Å²) in [4.78, 5) is 44.8. The van der Waals surface area contributed by atoms with Gasteiger partial charge in [0.05, 0.1) is 31.0 Å². The Morgan fingerprint density at radius 2 is 1.76 bits per heavy atom. The first-order chi connectivity index (χ1) is 18.5. The van der Waals surface area contributed by atoms with Crippen LogP contribution in [0, 0.1) is 0 Å². The van der Waals surface area contributed by atoms with Gasteiger partial charge in [-0.25, -0.2) is 9.79 Å². The molecule has 0 saturated carbocycles. The molecule has 0 aliphatic carbocycles. The lowest BCUT2D eigenvalue weighted by molar-refractivity contribution is -0.129. The summed E-state index contributed by atoms with van der Waals surface area (Å²) in [6.07, 6.45) is 0.0370. The molecule has 2 amide bonds. The van der Waals surface area contributed by atoms with E-state index in [2.05, 4.69) is 5.32 Å². The van der Waals surface area contributed by atoms with E-state index in [-0.39, 0.29) is 24.8 Å². The zero-order chi connectivity index (χ0) is 26.9. The Balaban J connectivity index is 1.57. The molecule has 1 aliphatic heterocycles. The molecule has 0 bridgehead atoms. The number of carbonyl (C=O) groups excluding carboxylic acids is 3. The monoisotopic (exact) mass is 531 g/mol. The van der Waals surface area contributed by atoms with Gasteiger partial charge < -0.3 is 14.8 Å². The predicted octanol–water partition coefficient (Wildman–Crippen LogP) is 5.42. The number of hydrogen-bond donors (Lipinski definition) is 1. The van der Waals surface area contributed by atoms with E-state index in [1.807, 2.05) is 43.3 Å². The largest absolute Gasteiger partial charge is 0.494 e. The molecular formula is C29H29N3O5S. The summed E-state index contributed by atoms with van der Waals surface area (Å²) >= 11 is 1.24. The van der Waals surface area contributed by atoms with Crippen molar-refractivity contribution in [1.82, 2.24) is 4.90 Å². The minimum Gasteiger partial charge on any atom is -0.494 e. The van der Waals surface area contributed by atoms with E-state index in [1.165, 1.54) is 11.8 Å². The number of amidine groups is 1. The summed E-state index contributed by atoms with van der Waals surface area (Å²) in [5, 5.41) is 2.64. The van der Waals surface area contributed by atoms with Crippen LogP contribution in [0.15, 0.2) is 83.9 Å². The van der Waals surface area contributed by atoms with Crippen LogP contribution in [0.4, 0.5) is 11.4 Å². The van der Waals surface area contributed by atoms with Crippen LogP contribution in [0.5, 0.6) is 5.75 Å².